The first-order valence-electron chi connectivity index (χ1n) is 7.96. The third-order valence-electron chi connectivity index (χ3n) is 3.95. The Morgan fingerprint density at radius 3 is 2.92 bits per heavy atom. The van der Waals surface area contributed by atoms with E-state index in [-0.39, 0.29) is 23.6 Å². The maximum Gasteiger partial charge on any atom is 0.282 e. The van der Waals surface area contributed by atoms with Gasteiger partial charge >= 0.3 is 0 Å². The Morgan fingerprint density at radius 1 is 1.40 bits per heavy atom. The predicted octanol–water partition coefficient (Wildman–Crippen LogP) is 2.82. The average Bonchev–Trinajstić information content (AvgIpc) is 3.01. The number of nitrogens with zero attached hydrogens (tertiary/aromatic N) is 2. The fourth-order valence-electron chi connectivity index (χ4n) is 2.65. The molecule has 1 N–H and O–H groups in total. The predicted molar refractivity (Wildman–Crippen MR) is 98.8 cm³/mol. The summed E-state index contributed by atoms with van der Waals surface area (Å²) >= 11 is 1.43. The molecule has 3 aromatic rings. The molecule has 3 rings (SSSR count). The first-order chi connectivity index (χ1) is 12.0. The van der Waals surface area contributed by atoms with Crippen molar-refractivity contribution in [1.29, 1.82) is 0 Å². The summed E-state index contributed by atoms with van der Waals surface area (Å²) in [6, 6.07) is 7.29. The second-order valence-electron chi connectivity index (χ2n) is 5.65. The van der Waals surface area contributed by atoms with Gasteiger partial charge in [0.05, 0.1) is 19.2 Å². The van der Waals surface area contributed by atoms with Gasteiger partial charge in [-0.2, -0.15) is 0 Å². The number of anilines is 1. The van der Waals surface area contributed by atoms with Crippen LogP contribution in [0.1, 0.15) is 23.9 Å². The number of hydrogen-bond acceptors (Lipinski definition) is 5. The van der Waals surface area contributed by atoms with E-state index in [1.54, 1.807) is 24.5 Å². The molecule has 0 aliphatic rings. The number of hydrogen-bond donors (Lipinski definition) is 1. The summed E-state index contributed by atoms with van der Waals surface area (Å²) in [6.45, 7) is 3.71. The van der Waals surface area contributed by atoms with Crippen molar-refractivity contribution in [2.24, 2.45) is 0 Å². The largest absolute Gasteiger partial charge is 0.497 e. The molecule has 7 heteroatoms. The Labute approximate surface area is 149 Å². The standard InChI is InChI=1S/C18H19N3O3S/c1-4-13-10-25-18-19-11(2)16(17(23)21(13)18)20-15(22)9-12-6-5-7-14(8-12)24-3/h5-8,10H,4,9H2,1-3H3,(H,20,22). The van der Waals surface area contributed by atoms with E-state index in [1.807, 2.05) is 30.5 Å². The van der Waals surface area contributed by atoms with Crippen LogP contribution in [0.3, 0.4) is 0 Å². The minimum atomic E-state index is -0.261. The number of carbonyl (C=O) groups excluding carboxylic acids is 1. The van der Waals surface area contributed by atoms with E-state index in [4.69, 9.17) is 4.74 Å². The molecule has 0 saturated heterocycles. The smallest absolute Gasteiger partial charge is 0.282 e. The number of carbonyl (C=O) groups is 1. The number of methoxy groups -OCH3 is 1. The summed E-state index contributed by atoms with van der Waals surface area (Å²) in [4.78, 5) is 30.2. The van der Waals surface area contributed by atoms with Gasteiger partial charge < -0.3 is 10.1 Å². The van der Waals surface area contributed by atoms with Crippen LogP contribution in [0.25, 0.3) is 4.96 Å². The highest BCUT2D eigenvalue weighted by Crippen LogP contribution is 2.18. The molecule has 0 bridgehead atoms. The van der Waals surface area contributed by atoms with Gasteiger partial charge in [0.25, 0.3) is 5.56 Å². The van der Waals surface area contributed by atoms with Crippen molar-refractivity contribution in [1.82, 2.24) is 9.38 Å². The molecule has 0 spiro atoms. The highest BCUT2D eigenvalue weighted by Gasteiger charge is 2.16. The lowest BCUT2D eigenvalue weighted by molar-refractivity contribution is -0.115. The quantitative estimate of drug-likeness (QED) is 0.762. The van der Waals surface area contributed by atoms with Crippen molar-refractivity contribution in [3.8, 4) is 5.75 Å². The second-order valence-corrected chi connectivity index (χ2v) is 6.49. The number of amides is 1. The summed E-state index contributed by atoms with van der Waals surface area (Å²) < 4.78 is 6.73. The van der Waals surface area contributed by atoms with Gasteiger partial charge in [-0.3, -0.25) is 14.0 Å². The van der Waals surface area contributed by atoms with Crippen molar-refractivity contribution in [2.75, 3.05) is 12.4 Å². The topological polar surface area (TPSA) is 72.7 Å². The number of nitrogens with one attached hydrogen (secondary N) is 1. The molecule has 0 fully saturated rings. The molecule has 0 aliphatic carbocycles. The number of benzene rings is 1. The number of ether oxygens (including phenoxy) is 1. The summed E-state index contributed by atoms with van der Waals surface area (Å²) in [5, 5.41) is 4.65. The summed E-state index contributed by atoms with van der Waals surface area (Å²) in [5.41, 5.74) is 2.22. The van der Waals surface area contributed by atoms with Crippen LogP contribution in [0.2, 0.25) is 0 Å². The molecular weight excluding hydrogens is 338 g/mol. The molecule has 0 aliphatic heterocycles. The molecule has 1 aromatic carbocycles. The molecule has 0 atom stereocenters. The fraction of sp³-hybridized carbons (Fsp3) is 0.278. The van der Waals surface area contributed by atoms with Crippen molar-refractivity contribution in [3.63, 3.8) is 0 Å². The summed E-state index contributed by atoms with van der Waals surface area (Å²) in [7, 11) is 1.58. The number of aromatic nitrogens is 2. The third kappa shape index (κ3) is 3.41. The van der Waals surface area contributed by atoms with Crippen LogP contribution in [0, 0.1) is 6.92 Å². The Bertz CT molecular complexity index is 991. The van der Waals surface area contributed by atoms with Crippen molar-refractivity contribution in [2.45, 2.75) is 26.7 Å². The maximum atomic E-state index is 12.8. The van der Waals surface area contributed by atoms with E-state index in [1.165, 1.54) is 11.3 Å². The lowest BCUT2D eigenvalue weighted by Gasteiger charge is -2.09. The minimum Gasteiger partial charge on any atom is -0.497 e. The van der Waals surface area contributed by atoms with Gasteiger partial charge in [-0.05, 0) is 31.0 Å². The third-order valence-corrected chi connectivity index (χ3v) is 4.82. The van der Waals surface area contributed by atoms with E-state index in [0.717, 1.165) is 17.7 Å². The van der Waals surface area contributed by atoms with E-state index in [0.29, 0.717) is 16.4 Å². The molecular formula is C18H19N3O3S. The van der Waals surface area contributed by atoms with E-state index in [9.17, 15) is 9.59 Å². The maximum absolute atomic E-state index is 12.8. The van der Waals surface area contributed by atoms with Gasteiger partial charge in [-0.15, -0.1) is 11.3 Å². The monoisotopic (exact) mass is 357 g/mol. The van der Waals surface area contributed by atoms with E-state index < -0.39 is 0 Å². The molecule has 6 nitrogen and oxygen atoms in total. The van der Waals surface area contributed by atoms with Gasteiger partial charge in [-0.25, -0.2) is 4.98 Å². The number of fused-ring (bicyclic) bond motifs is 1. The van der Waals surface area contributed by atoms with Crippen LogP contribution >= 0.6 is 11.3 Å². The van der Waals surface area contributed by atoms with Crippen molar-refractivity contribution >= 4 is 27.9 Å². The van der Waals surface area contributed by atoms with Crippen LogP contribution in [0.5, 0.6) is 5.75 Å². The van der Waals surface area contributed by atoms with E-state index >= 15 is 0 Å². The van der Waals surface area contributed by atoms with Gasteiger partial charge in [0.2, 0.25) is 5.91 Å². The second kappa shape index (κ2) is 7.06. The van der Waals surface area contributed by atoms with Crippen LogP contribution in [0.15, 0.2) is 34.4 Å². The Hall–Kier alpha value is -2.67. The average molecular weight is 357 g/mol. The number of thiazole rings is 1. The van der Waals surface area contributed by atoms with Gasteiger partial charge in [-0.1, -0.05) is 19.1 Å². The lowest BCUT2D eigenvalue weighted by atomic mass is 10.1. The van der Waals surface area contributed by atoms with E-state index in [2.05, 4.69) is 10.3 Å². The molecule has 0 unspecified atom stereocenters. The van der Waals surface area contributed by atoms with Crippen LogP contribution in [0.4, 0.5) is 5.69 Å². The van der Waals surface area contributed by atoms with Gasteiger partial charge in [0.1, 0.15) is 11.4 Å². The summed E-state index contributed by atoms with van der Waals surface area (Å²) in [6.07, 6.45) is 0.880. The Morgan fingerprint density at radius 2 is 2.20 bits per heavy atom. The summed E-state index contributed by atoms with van der Waals surface area (Å²) in [5.74, 6) is 0.430. The molecule has 2 aromatic heterocycles. The van der Waals surface area contributed by atoms with Gasteiger partial charge in [0, 0.05) is 11.1 Å². The molecule has 130 valence electrons. The van der Waals surface area contributed by atoms with Crippen LogP contribution in [-0.4, -0.2) is 22.4 Å². The highest BCUT2D eigenvalue weighted by atomic mass is 32.1. The van der Waals surface area contributed by atoms with Gasteiger partial charge in [0.15, 0.2) is 4.96 Å². The number of aryl methyl sites for hydroxylation is 2. The molecule has 2 heterocycles. The van der Waals surface area contributed by atoms with Crippen molar-refractivity contribution in [3.05, 3.63) is 57.0 Å². The highest BCUT2D eigenvalue weighted by molar-refractivity contribution is 7.15. The Balaban J connectivity index is 1.89. The molecule has 25 heavy (non-hydrogen) atoms. The molecule has 1 amide bonds. The zero-order valence-corrected chi connectivity index (χ0v) is 15.1. The molecule has 0 radical (unpaired) electrons. The van der Waals surface area contributed by atoms with Crippen LogP contribution in [-0.2, 0) is 17.6 Å². The lowest BCUT2D eigenvalue weighted by Crippen LogP contribution is -2.26. The first kappa shape index (κ1) is 17.2. The minimum absolute atomic E-state index is 0.156. The number of rotatable bonds is 5. The normalized spacial score (nSPS) is 10.8. The molecule has 0 saturated carbocycles. The zero-order chi connectivity index (χ0) is 18.0. The SMILES string of the molecule is CCc1csc2nc(C)c(NC(=O)Cc3cccc(OC)c3)c(=O)n12. The van der Waals surface area contributed by atoms with Crippen LogP contribution < -0.4 is 15.6 Å². The zero-order valence-electron chi connectivity index (χ0n) is 14.3. The fourth-order valence-corrected chi connectivity index (χ4v) is 3.65. The first-order valence-corrected chi connectivity index (χ1v) is 8.84. The Kier molecular flexibility index (Phi) is 4.85. The van der Waals surface area contributed by atoms with Crippen molar-refractivity contribution < 1.29 is 9.53 Å².